The number of phenols is 1. The maximum atomic E-state index is 11.3. The number of aromatic hydroxyl groups is 1. The molecule has 0 radical (unpaired) electrons. The van der Waals surface area contributed by atoms with E-state index in [2.05, 4.69) is 10.6 Å². The molecule has 20 heavy (non-hydrogen) atoms. The van der Waals surface area contributed by atoms with Crippen molar-refractivity contribution in [3.63, 3.8) is 0 Å². The Morgan fingerprint density at radius 1 is 1.30 bits per heavy atom. The van der Waals surface area contributed by atoms with E-state index in [1.807, 2.05) is 6.92 Å². The third kappa shape index (κ3) is 5.15. The summed E-state index contributed by atoms with van der Waals surface area (Å²) < 4.78 is 5.25. The monoisotopic (exact) mass is 282 g/mol. The van der Waals surface area contributed by atoms with Gasteiger partial charge < -0.3 is 25.6 Å². The van der Waals surface area contributed by atoms with Gasteiger partial charge >= 0.3 is 5.97 Å². The van der Waals surface area contributed by atoms with Crippen LogP contribution in [0.15, 0.2) is 18.2 Å². The lowest BCUT2D eigenvalue weighted by atomic mass is 10.2. The summed E-state index contributed by atoms with van der Waals surface area (Å²) in [7, 11) is 0. The topological polar surface area (TPSA) is 108 Å². The van der Waals surface area contributed by atoms with E-state index in [0.717, 1.165) is 0 Å². The second-order valence-electron chi connectivity index (χ2n) is 3.97. The minimum Gasteiger partial charge on any atom is -0.504 e. The highest BCUT2D eigenvalue weighted by atomic mass is 16.5. The van der Waals surface area contributed by atoms with E-state index in [0.29, 0.717) is 17.9 Å². The largest absolute Gasteiger partial charge is 0.504 e. The number of hydrogen-bond donors (Lipinski definition) is 4. The zero-order valence-corrected chi connectivity index (χ0v) is 11.2. The lowest BCUT2D eigenvalue weighted by Gasteiger charge is -2.10. The minimum absolute atomic E-state index is 0.0350. The molecule has 7 heteroatoms. The van der Waals surface area contributed by atoms with Crippen molar-refractivity contribution in [1.29, 1.82) is 0 Å². The number of ether oxygens (including phenoxy) is 1. The highest BCUT2D eigenvalue weighted by molar-refractivity contribution is 5.82. The summed E-state index contributed by atoms with van der Waals surface area (Å²) in [5.74, 6) is -1.09. The van der Waals surface area contributed by atoms with E-state index in [9.17, 15) is 14.7 Å². The highest BCUT2D eigenvalue weighted by Crippen LogP contribution is 2.29. The Morgan fingerprint density at radius 3 is 2.70 bits per heavy atom. The number of carbonyl (C=O) groups excluding carboxylic acids is 1. The number of benzene rings is 1. The van der Waals surface area contributed by atoms with Crippen LogP contribution in [-0.2, 0) is 16.1 Å². The first-order valence-corrected chi connectivity index (χ1v) is 6.17. The van der Waals surface area contributed by atoms with Gasteiger partial charge in [-0.05, 0) is 13.0 Å². The maximum absolute atomic E-state index is 11.3. The van der Waals surface area contributed by atoms with E-state index in [-0.39, 0.29) is 18.8 Å². The molecular weight excluding hydrogens is 264 g/mol. The van der Waals surface area contributed by atoms with Gasteiger partial charge in [-0.25, -0.2) is 0 Å². The van der Waals surface area contributed by atoms with Crippen molar-refractivity contribution < 1.29 is 24.5 Å². The molecule has 110 valence electrons. The summed E-state index contributed by atoms with van der Waals surface area (Å²) in [6.07, 6.45) is 0. The van der Waals surface area contributed by atoms with E-state index in [1.54, 1.807) is 18.2 Å². The number of amides is 1. The molecule has 0 spiro atoms. The second kappa shape index (κ2) is 8.00. The smallest absolute Gasteiger partial charge is 0.322 e. The molecule has 0 atom stereocenters. The Balaban J connectivity index is 2.44. The number of para-hydroxylation sites is 1. The molecule has 0 aliphatic rings. The zero-order valence-electron chi connectivity index (χ0n) is 11.2. The van der Waals surface area contributed by atoms with Crippen LogP contribution in [0.25, 0.3) is 0 Å². The van der Waals surface area contributed by atoms with Crippen LogP contribution < -0.4 is 15.4 Å². The molecular formula is C13H18N2O5. The Bertz CT molecular complexity index is 476. The molecule has 7 nitrogen and oxygen atoms in total. The summed E-state index contributed by atoms with van der Waals surface area (Å²) >= 11 is 0. The molecule has 0 aromatic heterocycles. The molecule has 0 saturated heterocycles. The SMILES string of the molecule is CCOc1cccc(CNCC(=O)NCC(=O)O)c1O. The highest BCUT2D eigenvalue weighted by Gasteiger charge is 2.08. The van der Waals surface area contributed by atoms with Gasteiger partial charge in [-0.1, -0.05) is 12.1 Å². The molecule has 0 heterocycles. The van der Waals surface area contributed by atoms with E-state index < -0.39 is 18.4 Å². The molecule has 0 unspecified atom stereocenters. The number of nitrogens with one attached hydrogen (secondary N) is 2. The maximum Gasteiger partial charge on any atom is 0.322 e. The van der Waals surface area contributed by atoms with Crippen LogP contribution in [0, 0.1) is 0 Å². The fraction of sp³-hybridized carbons (Fsp3) is 0.385. The third-order valence-electron chi connectivity index (χ3n) is 2.42. The quantitative estimate of drug-likeness (QED) is 0.538. The predicted octanol–water partition coefficient (Wildman–Crippen LogP) is 0.0813. The van der Waals surface area contributed by atoms with E-state index in [1.165, 1.54) is 0 Å². The van der Waals surface area contributed by atoms with Crippen LogP contribution in [0.1, 0.15) is 12.5 Å². The molecule has 0 fully saturated rings. The number of carbonyl (C=O) groups is 2. The molecule has 1 rings (SSSR count). The van der Waals surface area contributed by atoms with Gasteiger partial charge in [0.05, 0.1) is 13.2 Å². The van der Waals surface area contributed by atoms with Crippen LogP contribution in [0.4, 0.5) is 0 Å². The van der Waals surface area contributed by atoms with Crippen LogP contribution in [0.2, 0.25) is 0 Å². The van der Waals surface area contributed by atoms with Gasteiger partial charge in [0.15, 0.2) is 11.5 Å². The Morgan fingerprint density at radius 2 is 2.05 bits per heavy atom. The Labute approximate surface area is 116 Å². The summed E-state index contributed by atoms with van der Waals surface area (Å²) in [5.41, 5.74) is 0.599. The molecule has 1 aromatic rings. The molecule has 0 bridgehead atoms. The summed E-state index contributed by atoms with van der Waals surface area (Å²) in [6.45, 7) is 2.09. The fourth-order valence-corrected chi connectivity index (χ4v) is 1.53. The third-order valence-corrected chi connectivity index (χ3v) is 2.42. The first-order valence-electron chi connectivity index (χ1n) is 6.17. The summed E-state index contributed by atoms with van der Waals surface area (Å²) in [4.78, 5) is 21.5. The Kier molecular flexibility index (Phi) is 6.31. The average molecular weight is 282 g/mol. The van der Waals surface area contributed by atoms with Crippen LogP contribution in [0.3, 0.4) is 0 Å². The normalized spacial score (nSPS) is 10.1. The molecule has 0 aliphatic heterocycles. The van der Waals surface area contributed by atoms with Crippen LogP contribution in [0.5, 0.6) is 11.5 Å². The minimum atomic E-state index is -1.10. The van der Waals surface area contributed by atoms with E-state index >= 15 is 0 Å². The summed E-state index contributed by atoms with van der Waals surface area (Å²) in [6, 6.07) is 5.11. The van der Waals surface area contributed by atoms with Crippen molar-refractivity contribution in [2.45, 2.75) is 13.5 Å². The van der Waals surface area contributed by atoms with Crippen molar-refractivity contribution in [2.75, 3.05) is 19.7 Å². The zero-order chi connectivity index (χ0) is 15.0. The van der Waals surface area contributed by atoms with Gasteiger partial charge in [-0.3, -0.25) is 9.59 Å². The van der Waals surface area contributed by atoms with Gasteiger partial charge in [-0.2, -0.15) is 0 Å². The van der Waals surface area contributed by atoms with Crippen molar-refractivity contribution in [1.82, 2.24) is 10.6 Å². The number of carboxylic acid groups (broad SMARTS) is 1. The van der Waals surface area contributed by atoms with Gasteiger partial charge in [0.2, 0.25) is 5.91 Å². The van der Waals surface area contributed by atoms with E-state index in [4.69, 9.17) is 9.84 Å². The van der Waals surface area contributed by atoms with Gasteiger partial charge in [0.1, 0.15) is 6.54 Å². The molecule has 1 amide bonds. The van der Waals surface area contributed by atoms with Gasteiger partial charge in [-0.15, -0.1) is 0 Å². The lowest BCUT2D eigenvalue weighted by molar-refractivity contribution is -0.137. The van der Waals surface area contributed by atoms with Gasteiger partial charge in [0.25, 0.3) is 0 Å². The lowest BCUT2D eigenvalue weighted by Crippen LogP contribution is -2.36. The van der Waals surface area contributed by atoms with Crippen molar-refractivity contribution in [3.05, 3.63) is 23.8 Å². The molecule has 1 aromatic carbocycles. The molecule has 0 aliphatic carbocycles. The molecule has 4 N–H and O–H groups in total. The number of carboxylic acids is 1. The number of rotatable bonds is 8. The number of hydrogen-bond acceptors (Lipinski definition) is 5. The van der Waals surface area contributed by atoms with Crippen molar-refractivity contribution >= 4 is 11.9 Å². The predicted molar refractivity (Wildman–Crippen MR) is 71.6 cm³/mol. The van der Waals surface area contributed by atoms with Crippen molar-refractivity contribution in [3.8, 4) is 11.5 Å². The number of aliphatic carboxylic acids is 1. The molecule has 0 saturated carbocycles. The average Bonchev–Trinajstić information content (AvgIpc) is 2.41. The number of phenolic OH excluding ortho intramolecular Hbond substituents is 1. The van der Waals surface area contributed by atoms with Crippen molar-refractivity contribution in [2.24, 2.45) is 0 Å². The Hall–Kier alpha value is -2.28. The summed E-state index contributed by atoms with van der Waals surface area (Å²) in [5, 5.41) is 23.4. The fourth-order valence-electron chi connectivity index (χ4n) is 1.53. The standard InChI is InChI=1S/C13H18N2O5/c1-2-20-10-5-3-4-9(13(10)19)6-14-7-11(16)15-8-12(17)18/h3-5,14,19H,2,6-8H2,1H3,(H,15,16)(H,17,18). The first kappa shape index (κ1) is 15.8. The van der Waals surface area contributed by atoms with Gasteiger partial charge in [0, 0.05) is 12.1 Å². The first-order chi connectivity index (χ1) is 9.54. The van der Waals surface area contributed by atoms with Crippen LogP contribution >= 0.6 is 0 Å². The van der Waals surface area contributed by atoms with Crippen LogP contribution in [-0.4, -0.2) is 41.8 Å². The second-order valence-corrected chi connectivity index (χ2v) is 3.97.